The van der Waals surface area contributed by atoms with Crippen molar-refractivity contribution in [3.63, 3.8) is 0 Å². The van der Waals surface area contributed by atoms with Gasteiger partial charge in [-0.15, -0.1) is 0 Å². The summed E-state index contributed by atoms with van der Waals surface area (Å²) >= 11 is 6.14. The van der Waals surface area contributed by atoms with Crippen molar-refractivity contribution in [2.75, 3.05) is 5.32 Å². The zero-order chi connectivity index (χ0) is 14.7. The SMILES string of the molecule is N#Cc1cccc(Nc2cnn(-c3ccccc3Cl)c2)n1. The molecule has 0 atom stereocenters. The van der Waals surface area contributed by atoms with Crippen molar-refractivity contribution in [2.24, 2.45) is 0 Å². The predicted octanol–water partition coefficient (Wildman–Crippen LogP) is 3.54. The highest BCUT2D eigenvalue weighted by atomic mass is 35.5. The average Bonchev–Trinajstić information content (AvgIpc) is 2.96. The lowest BCUT2D eigenvalue weighted by atomic mass is 10.3. The molecule has 3 rings (SSSR count). The molecule has 0 bridgehead atoms. The molecule has 0 unspecified atom stereocenters. The summed E-state index contributed by atoms with van der Waals surface area (Å²) in [4.78, 5) is 4.15. The summed E-state index contributed by atoms with van der Waals surface area (Å²) in [5.41, 5.74) is 1.92. The van der Waals surface area contributed by atoms with E-state index in [9.17, 15) is 0 Å². The zero-order valence-electron chi connectivity index (χ0n) is 10.9. The molecule has 0 aliphatic rings. The second-order valence-electron chi connectivity index (χ2n) is 4.27. The van der Waals surface area contributed by atoms with E-state index in [0.717, 1.165) is 11.4 Å². The van der Waals surface area contributed by atoms with Gasteiger partial charge in [-0.3, -0.25) is 0 Å². The molecular formula is C15H10ClN5. The van der Waals surface area contributed by atoms with E-state index in [1.54, 1.807) is 29.1 Å². The number of nitriles is 1. The first kappa shape index (κ1) is 13.2. The van der Waals surface area contributed by atoms with Crippen LogP contribution in [0.15, 0.2) is 54.9 Å². The fourth-order valence-electron chi connectivity index (χ4n) is 1.87. The van der Waals surface area contributed by atoms with E-state index in [0.29, 0.717) is 16.5 Å². The van der Waals surface area contributed by atoms with Crippen LogP contribution in [-0.4, -0.2) is 14.8 Å². The van der Waals surface area contributed by atoms with Gasteiger partial charge in [0, 0.05) is 0 Å². The fraction of sp³-hybridized carbons (Fsp3) is 0. The van der Waals surface area contributed by atoms with Gasteiger partial charge in [-0.05, 0) is 24.3 Å². The summed E-state index contributed by atoms with van der Waals surface area (Å²) in [6, 6.07) is 14.7. The zero-order valence-corrected chi connectivity index (χ0v) is 11.6. The van der Waals surface area contributed by atoms with Crippen LogP contribution in [0.1, 0.15) is 5.69 Å². The molecule has 0 fully saturated rings. The Balaban J connectivity index is 1.86. The Hall–Kier alpha value is -2.84. The largest absolute Gasteiger partial charge is 0.338 e. The monoisotopic (exact) mass is 295 g/mol. The summed E-state index contributed by atoms with van der Waals surface area (Å²) in [7, 11) is 0. The Bertz CT molecular complexity index is 819. The van der Waals surface area contributed by atoms with Crippen LogP contribution in [0.2, 0.25) is 5.02 Å². The van der Waals surface area contributed by atoms with Crippen LogP contribution < -0.4 is 5.32 Å². The second kappa shape index (κ2) is 5.65. The minimum absolute atomic E-state index is 0.360. The molecule has 0 radical (unpaired) electrons. The molecule has 102 valence electrons. The minimum atomic E-state index is 0.360. The van der Waals surface area contributed by atoms with Gasteiger partial charge in [0.05, 0.1) is 28.8 Å². The van der Waals surface area contributed by atoms with Crippen molar-refractivity contribution >= 4 is 23.1 Å². The maximum atomic E-state index is 8.84. The van der Waals surface area contributed by atoms with E-state index >= 15 is 0 Å². The summed E-state index contributed by atoms with van der Waals surface area (Å²) in [6.07, 6.45) is 3.48. The first-order valence-electron chi connectivity index (χ1n) is 6.20. The van der Waals surface area contributed by atoms with Gasteiger partial charge in [-0.2, -0.15) is 10.4 Å². The van der Waals surface area contributed by atoms with Crippen LogP contribution in [0.5, 0.6) is 0 Å². The number of hydrogen-bond acceptors (Lipinski definition) is 4. The number of benzene rings is 1. The van der Waals surface area contributed by atoms with Gasteiger partial charge in [-0.25, -0.2) is 9.67 Å². The molecule has 3 aromatic rings. The third-order valence-electron chi connectivity index (χ3n) is 2.82. The molecule has 21 heavy (non-hydrogen) atoms. The van der Waals surface area contributed by atoms with Crippen molar-refractivity contribution in [1.82, 2.24) is 14.8 Å². The Kier molecular flexibility index (Phi) is 3.54. The number of nitrogens with zero attached hydrogens (tertiary/aromatic N) is 4. The van der Waals surface area contributed by atoms with Crippen LogP contribution in [-0.2, 0) is 0 Å². The molecular weight excluding hydrogens is 286 g/mol. The Labute approximate surface area is 126 Å². The van der Waals surface area contributed by atoms with Gasteiger partial charge in [0.15, 0.2) is 0 Å². The predicted molar refractivity (Wildman–Crippen MR) is 80.8 cm³/mol. The van der Waals surface area contributed by atoms with Gasteiger partial charge in [-0.1, -0.05) is 29.8 Å². The van der Waals surface area contributed by atoms with Gasteiger partial charge >= 0.3 is 0 Å². The van der Waals surface area contributed by atoms with Crippen LogP contribution in [0.25, 0.3) is 5.69 Å². The van der Waals surface area contributed by atoms with Gasteiger partial charge in [0.1, 0.15) is 17.6 Å². The van der Waals surface area contributed by atoms with Crippen LogP contribution >= 0.6 is 11.6 Å². The Morgan fingerprint density at radius 2 is 2.00 bits per heavy atom. The molecule has 0 aliphatic heterocycles. The molecule has 0 amide bonds. The molecule has 0 spiro atoms. The average molecular weight is 296 g/mol. The third-order valence-corrected chi connectivity index (χ3v) is 3.14. The number of pyridine rings is 1. The lowest BCUT2D eigenvalue weighted by Gasteiger charge is -2.03. The molecule has 5 nitrogen and oxygen atoms in total. The summed E-state index contributed by atoms with van der Waals surface area (Å²) in [5, 5.41) is 16.8. The highest BCUT2D eigenvalue weighted by molar-refractivity contribution is 6.32. The van der Waals surface area contributed by atoms with Crippen LogP contribution in [0, 0.1) is 11.3 Å². The molecule has 2 heterocycles. The van der Waals surface area contributed by atoms with E-state index in [1.807, 2.05) is 36.5 Å². The lowest BCUT2D eigenvalue weighted by molar-refractivity contribution is 0.881. The first-order valence-corrected chi connectivity index (χ1v) is 6.58. The highest BCUT2D eigenvalue weighted by Crippen LogP contribution is 2.21. The third kappa shape index (κ3) is 2.86. The summed E-state index contributed by atoms with van der Waals surface area (Å²) < 4.78 is 1.68. The molecule has 2 aromatic heterocycles. The van der Waals surface area contributed by atoms with E-state index in [-0.39, 0.29) is 0 Å². The van der Waals surface area contributed by atoms with Gasteiger partial charge < -0.3 is 5.32 Å². The topological polar surface area (TPSA) is 66.5 Å². The summed E-state index contributed by atoms with van der Waals surface area (Å²) in [5.74, 6) is 0.591. The van der Waals surface area contributed by atoms with Crippen molar-refractivity contribution in [1.29, 1.82) is 5.26 Å². The van der Waals surface area contributed by atoms with Crippen molar-refractivity contribution in [3.05, 3.63) is 65.6 Å². The number of hydrogen-bond donors (Lipinski definition) is 1. The van der Waals surface area contributed by atoms with Crippen LogP contribution in [0.4, 0.5) is 11.5 Å². The van der Waals surface area contributed by atoms with E-state index in [4.69, 9.17) is 16.9 Å². The fourth-order valence-corrected chi connectivity index (χ4v) is 2.09. The highest BCUT2D eigenvalue weighted by Gasteiger charge is 2.05. The standard InChI is InChI=1S/C15H10ClN5/c16-13-5-1-2-6-14(13)21-10-12(9-18-21)20-15-7-3-4-11(8-17)19-15/h1-7,9-10H,(H,19,20). The van der Waals surface area contributed by atoms with E-state index in [1.165, 1.54) is 0 Å². The van der Waals surface area contributed by atoms with Gasteiger partial charge in [0.25, 0.3) is 0 Å². The molecule has 0 aliphatic carbocycles. The smallest absolute Gasteiger partial charge is 0.142 e. The maximum Gasteiger partial charge on any atom is 0.142 e. The maximum absolute atomic E-state index is 8.84. The quantitative estimate of drug-likeness (QED) is 0.802. The lowest BCUT2D eigenvalue weighted by Crippen LogP contribution is -1.95. The Morgan fingerprint density at radius 1 is 1.14 bits per heavy atom. The number of anilines is 2. The molecule has 6 heteroatoms. The number of para-hydroxylation sites is 1. The number of nitrogens with one attached hydrogen (secondary N) is 1. The Morgan fingerprint density at radius 3 is 2.81 bits per heavy atom. The van der Waals surface area contributed by atoms with E-state index in [2.05, 4.69) is 15.4 Å². The minimum Gasteiger partial charge on any atom is -0.338 e. The number of halogens is 1. The van der Waals surface area contributed by atoms with E-state index < -0.39 is 0 Å². The van der Waals surface area contributed by atoms with Gasteiger partial charge in [0.2, 0.25) is 0 Å². The molecule has 0 saturated carbocycles. The van der Waals surface area contributed by atoms with Crippen molar-refractivity contribution in [2.45, 2.75) is 0 Å². The van der Waals surface area contributed by atoms with Crippen molar-refractivity contribution < 1.29 is 0 Å². The molecule has 1 N–H and O–H groups in total. The number of aromatic nitrogens is 3. The second-order valence-corrected chi connectivity index (χ2v) is 4.68. The first-order chi connectivity index (χ1) is 10.3. The van der Waals surface area contributed by atoms with Crippen LogP contribution in [0.3, 0.4) is 0 Å². The number of rotatable bonds is 3. The molecule has 0 saturated heterocycles. The summed E-state index contributed by atoms with van der Waals surface area (Å²) in [6.45, 7) is 0. The van der Waals surface area contributed by atoms with Crippen molar-refractivity contribution in [3.8, 4) is 11.8 Å². The normalized spacial score (nSPS) is 10.1. The molecule has 1 aromatic carbocycles.